The van der Waals surface area contributed by atoms with Crippen LogP contribution in [0.25, 0.3) is 0 Å². The van der Waals surface area contributed by atoms with Crippen LogP contribution in [0.2, 0.25) is 0 Å². The lowest BCUT2D eigenvalue weighted by Gasteiger charge is -2.49. The number of benzene rings is 10. The maximum absolute atomic E-state index is 14.7. The van der Waals surface area contributed by atoms with Crippen LogP contribution < -0.4 is 9.47 Å². The third-order valence-corrected chi connectivity index (χ3v) is 16.6. The van der Waals surface area contributed by atoms with Gasteiger partial charge in [0, 0.05) is 0 Å². The highest BCUT2D eigenvalue weighted by molar-refractivity contribution is 5.93. The van der Waals surface area contributed by atoms with E-state index in [1.54, 1.807) is 48.5 Å². The molecule has 0 saturated carbocycles. The second-order valence-electron chi connectivity index (χ2n) is 23.5. The number of hydrogen-bond acceptors (Lipinski definition) is 15. The van der Waals surface area contributed by atoms with Gasteiger partial charge in [0.05, 0.1) is 39.6 Å². The highest BCUT2D eigenvalue weighted by Crippen LogP contribution is 2.38. The highest BCUT2D eigenvalue weighted by atomic mass is 16.8. The van der Waals surface area contributed by atoms with Gasteiger partial charge in [-0.1, -0.05) is 267 Å². The zero-order valence-electron chi connectivity index (χ0n) is 53.7. The molecule has 2 saturated heterocycles. The fraction of sp³-hybridized carbons (Fsp3) is 0.244. The van der Waals surface area contributed by atoms with E-state index < -0.39 is 73.4 Å². The summed E-state index contributed by atoms with van der Waals surface area (Å²) in [5, 5.41) is 0. The monoisotopic (exact) mass is 1300 g/mol. The molecule has 0 aromatic heterocycles. The Morgan fingerprint density at radius 1 is 0.258 bits per heavy atom. The van der Waals surface area contributed by atoms with Gasteiger partial charge in [-0.05, 0) is 68.8 Å². The van der Waals surface area contributed by atoms with Crippen LogP contribution in [0, 0.1) is 0 Å². The van der Waals surface area contributed by atoms with Crippen molar-refractivity contribution in [1.82, 2.24) is 0 Å². The van der Waals surface area contributed by atoms with Crippen molar-refractivity contribution < 1.29 is 71.2 Å². The fourth-order valence-corrected chi connectivity index (χ4v) is 11.6. The Labute approximate surface area is 566 Å². The second-order valence-corrected chi connectivity index (χ2v) is 23.5. The minimum absolute atomic E-state index is 0.0809. The normalized spacial score (nSPS) is 20.7. The average Bonchev–Trinajstić information content (AvgIpc) is 0.788. The van der Waals surface area contributed by atoms with Gasteiger partial charge in [-0.2, -0.15) is 0 Å². The smallest absolute Gasteiger partial charge is 0.342 e. The summed E-state index contributed by atoms with van der Waals surface area (Å²) in [6, 6.07) is 91.9. The van der Waals surface area contributed by atoms with Gasteiger partial charge in [-0.25, -0.2) is 9.59 Å². The lowest BCUT2D eigenvalue weighted by molar-refractivity contribution is -0.393. The first-order valence-electron chi connectivity index (χ1n) is 32.7. The van der Waals surface area contributed by atoms with Crippen LogP contribution in [0.4, 0.5) is 0 Å². The molecule has 0 amide bonds. The van der Waals surface area contributed by atoms with Crippen molar-refractivity contribution in [2.45, 2.75) is 114 Å². The molecule has 496 valence electrons. The van der Waals surface area contributed by atoms with E-state index in [-0.39, 0.29) is 77.2 Å². The standard InChI is InChI=1S/C82H78O15/c83-79(67-45-25-27-47-69(67)85-49-59-29-9-1-10-30-59)93-57-71-73(87-51-61-33-13-3-14-34-61)75(89-53-63-37-17-5-18-38-63)77(91-55-65-41-21-7-22-42-65)81(95-71)97-82-78(92-56-66-43-23-8-24-44-66)76(90-54-64-39-19-6-20-40-64)74(88-52-62-35-15-4-16-36-62)72(96-82)58-94-80(84)68-46-26-28-48-70(68)86-50-60-31-11-2-12-32-60/h1-48,71-78,81-82H,49-58H2/t71-,72-,73-,74-,75+,76+,77-,78-,81-,82-/m1/s1. The molecule has 0 spiro atoms. The van der Waals surface area contributed by atoms with Crippen LogP contribution in [-0.2, 0) is 105 Å². The molecule has 97 heavy (non-hydrogen) atoms. The predicted molar refractivity (Wildman–Crippen MR) is 364 cm³/mol. The zero-order valence-corrected chi connectivity index (χ0v) is 53.7. The first-order valence-corrected chi connectivity index (χ1v) is 32.7. The van der Waals surface area contributed by atoms with Crippen LogP contribution in [0.15, 0.2) is 291 Å². The Hall–Kier alpha value is -9.62. The number of carbonyl (C=O) groups excluding carboxylic acids is 2. The van der Waals surface area contributed by atoms with E-state index in [4.69, 9.17) is 61.6 Å². The number of esters is 2. The average molecular weight is 1300 g/mol. The molecule has 0 N–H and O–H groups in total. The minimum Gasteiger partial charge on any atom is -0.488 e. The van der Waals surface area contributed by atoms with Crippen LogP contribution in [-0.4, -0.2) is 86.6 Å². The summed E-state index contributed by atoms with van der Waals surface area (Å²) in [6.45, 7) is 0.350. The van der Waals surface area contributed by atoms with E-state index in [0.717, 1.165) is 44.5 Å². The van der Waals surface area contributed by atoms with Crippen molar-refractivity contribution in [2.24, 2.45) is 0 Å². The zero-order chi connectivity index (χ0) is 66.1. The van der Waals surface area contributed by atoms with E-state index in [1.807, 2.05) is 243 Å². The van der Waals surface area contributed by atoms with E-state index in [9.17, 15) is 9.59 Å². The van der Waals surface area contributed by atoms with Crippen molar-refractivity contribution in [2.75, 3.05) is 13.2 Å². The van der Waals surface area contributed by atoms with Gasteiger partial charge < -0.3 is 61.6 Å². The summed E-state index contributed by atoms with van der Waals surface area (Å²) < 4.78 is 90.0. The summed E-state index contributed by atoms with van der Waals surface area (Å²) in [7, 11) is 0. The van der Waals surface area contributed by atoms with Crippen molar-refractivity contribution in [3.05, 3.63) is 347 Å². The summed E-state index contributed by atoms with van der Waals surface area (Å²) in [5.74, 6) is -0.652. The van der Waals surface area contributed by atoms with Crippen LogP contribution in [0.5, 0.6) is 11.5 Å². The Kier molecular flexibility index (Phi) is 24.6. The van der Waals surface area contributed by atoms with E-state index in [1.165, 1.54) is 0 Å². The maximum Gasteiger partial charge on any atom is 0.342 e. The molecule has 10 atom stereocenters. The van der Waals surface area contributed by atoms with Crippen molar-refractivity contribution in [3.8, 4) is 11.5 Å². The highest BCUT2D eigenvalue weighted by Gasteiger charge is 2.55. The van der Waals surface area contributed by atoms with Crippen molar-refractivity contribution >= 4 is 11.9 Å². The van der Waals surface area contributed by atoms with Gasteiger partial charge in [-0.15, -0.1) is 0 Å². The van der Waals surface area contributed by atoms with E-state index >= 15 is 0 Å². The predicted octanol–water partition coefficient (Wildman–Crippen LogP) is 14.8. The SMILES string of the molecule is O=C(OC[C@H]1O[C@H](O[C@H]2O[C@H](COC(=O)c3ccccc3OCc3ccccc3)[C@@H](OCc3ccccc3)[C@H](OCc3ccccc3)[C@H]2OCc2ccccc2)[C@H](OCc2ccccc2)[C@@H](OCc2ccccc2)[C@@H]1OCc1ccccc1)c1ccccc1OCc1ccccc1. The van der Waals surface area contributed by atoms with Crippen LogP contribution in [0.1, 0.15) is 65.2 Å². The Morgan fingerprint density at radius 3 is 0.763 bits per heavy atom. The Bertz CT molecular complexity index is 3680. The van der Waals surface area contributed by atoms with Gasteiger partial charge in [0.25, 0.3) is 0 Å². The van der Waals surface area contributed by atoms with E-state index in [0.29, 0.717) is 11.5 Å². The molecule has 0 unspecified atom stereocenters. The molecule has 0 bridgehead atoms. The molecule has 2 aliphatic heterocycles. The maximum atomic E-state index is 14.7. The first-order chi connectivity index (χ1) is 47.9. The Morgan fingerprint density at radius 2 is 0.485 bits per heavy atom. The molecule has 15 nitrogen and oxygen atoms in total. The van der Waals surface area contributed by atoms with Gasteiger partial charge in [0.1, 0.15) is 97.9 Å². The molecular weight excluding hydrogens is 1220 g/mol. The van der Waals surface area contributed by atoms with E-state index in [2.05, 4.69) is 0 Å². The Balaban J connectivity index is 0.936. The van der Waals surface area contributed by atoms with Crippen molar-refractivity contribution in [1.29, 1.82) is 0 Å². The van der Waals surface area contributed by atoms with Crippen molar-refractivity contribution in [3.63, 3.8) is 0 Å². The van der Waals surface area contributed by atoms with Gasteiger partial charge >= 0.3 is 11.9 Å². The molecule has 12 rings (SSSR count). The number of hydrogen-bond donors (Lipinski definition) is 0. The molecule has 15 heteroatoms. The summed E-state index contributed by atoms with van der Waals surface area (Å²) in [5.41, 5.74) is 7.47. The van der Waals surface area contributed by atoms with Crippen LogP contribution >= 0.6 is 0 Å². The second kappa shape index (κ2) is 35.4. The lowest BCUT2D eigenvalue weighted by Crippen LogP contribution is -2.66. The molecule has 0 radical (unpaired) electrons. The topological polar surface area (TPSA) is 154 Å². The summed E-state index contributed by atoms with van der Waals surface area (Å²) in [6.07, 6.45) is -11.2. The quantitative estimate of drug-likeness (QED) is 0.0367. The molecule has 0 aliphatic carbocycles. The minimum atomic E-state index is -1.41. The first kappa shape index (κ1) is 67.4. The molecule has 2 heterocycles. The number of rotatable bonds is 32. The van der Waals surface area contributed by atoms with Gasteiger partial charge in [0.15, 0.2) is 12.6 Å². The summed E-state index contributed by atoms with van der Waals surface area (Å²) >= 11 is 0. The molecule has 10 aromatic carbocycles. The largest absolute Gasteiger partial charge is 0.488 e. The van der Waals surface area contributed by atoms with Gasteiger partial charge in [0.2, 0.25) is 0 Å². The third kappa shape index (κ3) is 19.3. The number of ether oxygens (including phenoxy) is 13. The lowest BCUT2D eigenvalue weighted by atomic mass is 9.96. The molecule has 2 fully saturated rings. The fourth-order valence-electron chi connectivity index (χ4n) is 11.6. The summed E-state index contributed by atoms with van der Waals surface area (Å²) in [4.78, 5) is 29.4. The molecular formula is C82H78O15. The number of carbonyl (C=O) groups is 2. The van der Waals surface area contributed by atoms with Crippen LogP contribution in [0.3, 0.4) is 0 Å². The van der Waals surface area contributed by atoms with Gasteiger partial charge in [-0.3, -0.25) is 0 Å². The third-order valence-electron chi connectivity index (χ3n) is 16.6. The number of para-hydroxylation sites is 2. The molecule has 10 aromatic rings. The molecule has 2 aliphatic rings.